The molecule has 0 spiro atoms. The molecule has 0 aromatic heterocycles. The maximum atomic E-state index is 13.0. The summed E-state index contributed by atoms with van der Waals surface area (Å²) in [6.07, 6.45) is 4.36. The molecule has 8 nitrogen and oxygen atoms in total. The first-order valence-corrected chi connectivity index (χ1v) is 11.7. The quantitative estimate of drug-likeness (QED) is 0.233. The van der Waals surface area contributed by atoms with E-state index in [0.717, 1.165) is 31.6 Å². The Morgan fingerprint density at radius 1 is 1.18 bits per heavy atom. The highest BCUT2D eigenvalue weighted by Crippen LogP contribution is 2.18. The number of nitrogens with zero attached hydrogens (tertiary/aromatic N) is 2. The number of benzene rings is 2. The Balaban J connectivity index is 1.39. The van der Waals surface area contributed by atoms with Gasteiger partial charge in [0.15, 0.2) is 5.82 Å². The Kier molecular flexibility index (Phi) is 10.1. The van der Waals surface area contributed by atoms with E-state index in [2.05, 4.69) is 27.7 Å². The molecule has 0 radical (unpaired) electrons. The van der Waals surface area contributed by atoms with Crippen LogP contribution in [-0.4, -0.2) is 47.7 Å². The highest BCUT2D eigenvalue weighted by Gasteiger charge is 2.11. The lowest BCUT2D eigenvalue weighted by Gasteiger charge is -2.26. The molecule has 184 valence electrons. The normalized spacial score (nSPS) is 15.5. The van der Waals surface area contributed by atoms with Gasteiger partial charge in [0.2, 0.25) is 0 Å². The van der Waals surface area contributed by atoms with E-state index in [9.17, 15) is 19.6 Å². The van der Waals surface area contributed by atoms with Crippen LogP contribution in [-0.2, 0) is 6.54 Å². The van der Waals surface area contributed by atoms with Gasteiger partial charge in [-0.2, -0.15) is 0 Å². The molecule has 0 amide bonds. The van der Waals surface area contributed by atoms with Crippen molar-refractivity contribution in [2.24, 2.45) is 0 Å². The summed E-state index contributed by atoms with van der Waals surface area (Å²) in [4.78, 5) is 12.8. The molecule has 1 aliphatic heterocycles. The van der Waals surface area contributed by atoms with Crippen molar-refractivity contribution in [3.8, 4) is 5.75 Å². The van der Waals surface area contributed by atoms with E-state index in [-0.39, 0.29) is 12.4 Å². The van der Waals surface area contributed by atoms with Gasteiger partial charge < -0.3 is 20.5 Å². The standard InChI is InChI=1S/C25H33FN4O4/c26-22-10-8-21(9-11-22)24(31)17-28-25(19-30(32)33)27-12-5-15-34-23-7-4-6-20(16-23)18-29-13-2-1-3-14-29/h4,6-11,16,19,24,27-28,31H,1-3,5,12-15,17-18H2/b25-19+. The number of piperidine rings is 1. The molecule has 1 aliphatic rings. The summed E-state index contributed by atoms with van der Waals surface area (Å²) in [6, 6.07) is 13.6. The molecule has 1 atom stereocenters. The second kappa shape index (κ2) is 13.5. The van der Waals surface area contributed by atoms with Crippen molar-refractivity contribution in [3.05, 3.63) is 87.6 Å². The third-order valence-corrected chi connectivity index (χ3v) is 5.63. The number of nitrogens with one attached hydrogen (secondary N) is 2. The van der Waals surface area contributed by atoms with Crippen molar-refractivity contribution in [2.75, 3.05) is 32.8 Å². The number of hydrogen-bond acceptors (Lipinski definition) is 7. The molecule has 2 aromatic rings. The zero-order chi connectivity index (χ0) is 24.2. The number of hydrogen-bond donors (Lipinski definition) is 3. The van der Waals surface area contributed by atoms with Crippen molar-refractivity contribution < 1.29 is 19.2 Å². The Hall–Kier alpha value is -3.17. The SMILES string of the molecule is O=[N+]([O-])/C=C(\NCCCOc1cccc(CN2CCCCC2)c1)NCC(O)c1ccc(F)cc1. The van der Waals surface area contributed by atoms with Crippen LogP contribution in [0.25, 0.3) is 0 Å². The molecule has 9 heteroatoms. The van der Waals surface area contributed by atoms with Crippen LogP contribution in [0.4, 0.5) is 4.39 Å². The molecule has 2 aromatic carbocycles. The van der Waals surface area contributed by atoms with Crippen LogP contribution in [0, 0.1) is 15.9 Å². The van der Waals surface area contributed by atoms with E-state index in [1.54, 1.807) is 0 Å². The molecule has 3 rings (SSSR count). The van der Waals surface area contributed by atoms with Crippen LogP contribution < -0.4 is 15.4 Å². The molecular weight excluding hydrogens is 439 g/mol. The largest absolute Gasteiger partial charge is 0.494 e. The highest BCUT2D eigenvalue weighted by atomic mass is 19.1. The number of rotatable bonds is 13. The first-order valence-electron chi connectivity index (χ1n) is 11.7. The van der Waals surface area contributed by atoms with Crippen LogP contribution >= 0.6 is 0 Å². The Morgan fingerprint density at radius 3 is 2.68 bits per heavy atom. The van der Waals surface area contributed by atoms with Gasteiger partial charge in [-0.1, -0.05) is 30.7 Å². The fraction of sp³-hybridized carbons (Fsp3) is 0.440. The minimum Gasteiger partial charge on any atom is -0.494 e. The van der Waals surface area contributed by atoms with Gasteiger partial charge in [0.05, 0.1) is 17.6 Å². The molecule has 34 heavy (non-hydrogen) atoms. The third-order valence-electron chi connectivity index (χ3n) is 5.63. The van der Waals surface area contributed by atoms with Gasteiger partial charge in [-0.3, -0.25) is 15.0 Å². The maximum Gasteiger partial charge on any atom is 0.274 e. The number of ether oxygens (including phenoxy) is 1. The smallest absolute Gasteiger partial charge is 0.274 e. The zero-order valence-electron chi connectivity index (χ0n) is 19.3. The molecular formula is C25H33FN4O4. The van der Waals surface area contributed by atoms with E-state index >= 15 is 0 Å². The average molecular weight is 473 g/mol. The van der Waals surface area contributed by atoms with Gasteiger partial charge in [-0.05, 0) is 67.7 Å². The second-order valence-electron chi connectivity index (χ2n) is 8.39. The first kappa shape index (κ1) is 25.5. The molecule has 1 fully saturated rings. The number of aliphatic hydroxyl groups is 1. The highest BCUT2D eigenvalue weighted by molar-refractivity contribution is 5.28. The Labute approximate surface area is 199 Å². The summed E-state index contributed by atoms with van der Waals surface area (Å²) in [5.74, 6) is 0.612. The minimum absolute atomic E-state index is 0.0403. The van der Waals surface area contributed by atoms with E-state index < -0.39 is 16.8 Å². The predicted octanol–water partition coefficient (Wildman–Crippen LogP) is 3.57. The lowest BCUT2D eigenvalue weighted by atomic mass is 10.1. The fourth-order valence-electron chi connectivity index (χ4n) is 3.86. The summed E-state index contributed by atoms with van der Waals surface area (Å²) in [5.41, 5.74) is 1.75. The van der Waals surface area contributed by atoms with E-state index in [1.165, 1.54) is 49.1 Å². The maximum absolute atomic E-state index is 13.0. The van der Waals surface area contributed by atoms with Crippen LogP contribution in [0.3, 0.4) is 0 Å². The zero-order valence-corrected chi connectivity index (χ0v) is 19.3. The van der Waals surface area contributed by atoms with Gasteiger partial charge in [0.25, 0.3) is 6.20 Å². The van der Waals surface area contributed by atoms with Crippen molar-refractivity contribution in [2.45, 2.75) is 38.3 Å². The van der Waals surface area contributed by atoms with Crippen molar-refractivity contribution in [1.82, 2.24) is 15.5 Å². The van der Waals surface area contributed by atoms with E-state index in [4.69, 9.17) is 4.74 Å². The molecule has 3 N–H and O–H groups in total. The predicted molar refractivity (Wildman–Crippen MR) is 128 cm³/mol. The van der Waals surface area contributed by atoms with Crippen molar-refractivity contribution in [1.29, 1.82) is 0 Å². The van der Waals surface area contributed by atoms with Crippen LogP contribution in [0.2, 0.25) is 0 Å². The van der Waals surface area contributed by atoms with Crippen LogP contribution in [0.15, 0.2) is 60.6 Å². The summed E-state index contributed by atoms with van der Waals surface area (Å²) in [7, 11) is 0. The van der Waals surface area contributed by atoms with Gasteiger partial charge in [0, 0.05) is 19.6 Å². The van der Waals surface area contributed by atoms with Gasteiger partial charge in [0.1, 0.15) is 11.6 Å². The van der Waals surface area contributed by atoms with E-state index in [0.29, 0.717) is 25.1 Å². The van der Waals surface area contributed by atoms with Crippen molar-refractivity contribution >= 4 is 0 Å². The topological polar surface area (TPSA) is 99.9 Å². The number of likely N-dealkylation sites (tertiary alicyclic amines) is 1. The second-order valence-corrected chi connectivity index (χ2v) is 8.39. The molecule has 0 aliphatic carbocycles. The number of nitro groups is 1. The summed E-state index contributed by atoms with van der Waals surface area (Å²) < 4.78 is 18.9. The monoisotopic (exact) mass is 472 g/mol. The van der Waals surface area contributed by atoms with Crippen LogP contribution in [0.5, 0.6) is 5.75 Å². The van der Waals surface area contributed by atoms with Gasteiger partial charge >= 0.3 is 0 Å². The summed E-state index contributed by atoms with van der Waals surface area (Å²) in [5, 5.41) is 27.0. The van der Waals surface area contributed by atoms with Gasteiger partial charge in [-0.15, -0.1) is 0 Å². The molecule has 1 unspecified atom stereocenters. The first-order chi connectivity index (χ1) is 16.5. The molecule has 1 saturated heterocycles. The summed E-state index contributed by atoms with van der Waals surface area (Å²) >= 11 is 0. The molecule has 1 heterocycles. The number of halogens is 1. The third kappa shape index (κ3) is 8.99. The number of aliphatic hydroxyl groups excluding tert-OH is 1. The van der Waals surface area contributed by atoms with Crippen molar-refractivity contribution in [3.63, 3.8) is 0 Å². The Morgan fingerprint density at radius 2 is 1.94 bits per heavy atom. The van der Waals surface area contributed by atoms with E-state index in [1.807, 2.05) is 12.1 Å². The summed E-state index contributed by atoms with van der Waals surface area (Å²) in [6.45, 7) is 4.18. The molecule has 0 bridgehead atoms. The minimum atomic E-state index is -0.932. The Bertz CT molecular complexity index is 933. The lowest BCUT2D eigenvalue weighted by Crippen LogP contribution is -2.31. The fourth-order valence-corrected chi connectivity index (χ4v) is 3.86. The average Bonchev–Trinajstić information content (AvgIpc) is 2.83. The van der Waals surface area contributed by atoms with Gasteiger partial charge in [-0.25, -0.2) is 4.39 Å². The van der Waals surface area contributed by atoms with Crippen LogP contribution in [0.1, 0.15) is 42.9 Å². The molecule has 0 saturated carbocycles. The lowest BCUT2D eigenvalue weighted by molar-refractivity contribution is -0.404.